The predicted octanol–water partition coefficient (Wildman–Crippen LogP) is 2.80. The van der Waals surface area contributed by atoms with Gasteiger partial charge in [-0.1, -0.05) is 17.7 Å². The first-order valence-electron chi connectivity index (χ1n) is 5.82. The second kappa shape index (κ2) is 4.40. The molecular weight excluding hydrogens is 270 g/mol. The maximum atomic E-state index is 11.2. The Kier molecular flexibility index (Phi) is 2.87. The Morgan fingerprint density at radius 2 is 2.28 bits per heavy atom. The molecule has 1 aliphatic heterocycles. The molecule has 2 aromatic rings. The predicted molar refractivity (Wildman–Crippen MR) is 73.4 cm³/mol. The lowest BCUT2D eigenvalue weighted by Gasteiger charge is -2.24. The van der Waals surface area contributed by atoms with Crippen molar-refractivity contribution in [2.45, 2.75) is 18.9 Å². The summed E-state index contributed by atoms with van der Waals surface area (Å²) in [7, 11) is 0. The molecule has 1 aromatic carbocycles. The molecule has 1 atom stereocenters. The molecule has 6 heteroatoms. The van der Waals surface area contributed by atoms with Crippen LogP contribution in [0.15, 0.2) is 18.2 Å². The summed E-state index contributed by atoms with van der Waals surface area (Å²) in [5, 5.41) is 3.54. The molecule has 1 saturated heterocycles. The van der Waals surface area contributed by atoms with Gasteiger partial charge in [-0.3, -0.25) is 4.79 Å². The Morgan fingerprint density at radius 3 is 3.00 bits per heavy atom. The molecule has 1 unspecified atom stereocenters. The molecule has 4 nitrogen and oxygen atoms in total. The average Bonchev–Trinajstić information content (AvgIpc) is 2.69. The van der Waals surface area contributed by atoms with Crippen molar-refractivity contribution in [1.29, 1.82) is 0 Å². The fourth-order valence-electron chi connectivity index (χ4n) is 2.42. The number of piperidine rings is 1. The van der Waals surface area contributed by atoms with Crippen LogP contribution in [0.1, 0.15) is 18.9 Å². The maximum absolute atomic E-state index is 11.2. The van der Waals surface area contributed by atoms with Crippen molar-refractivity contribution >= 4 is 40.8 Å². The highest BCUT2D eigenvalue weighted by Gasteiger charge is 2.22. The number of aromatic nitrogens is 2. The van der Waals surface area contributed by atoms with Gasteiger partial charge in [-0.25, -0.2) is 0 Å². The van der Waals surface area contributed by atoms with Crippen molar-refractivity contribution in [3.63, 3.8) is 0 Å². The first-order valence-corrected chi connectivity index (χ1v) is 6.61. The number of nitrogens with zero attached hydrogens (tertiary/aromatic N) is 1. The van der Waals surface area contributed by atoms with Crippen molar-refractivity contribution in [3.8, 4) is 0 Å². The topological polar surface area (TPSA) is 49.8 Å². The highest BCUT2D eigenvalue weighted by atomic mass is 35.5. The fourth-order valence-corrected chi connectivity index (χ4v) is 2.98. The molecule has 1 fully saturated rings. The van der Waals surface area contributed by atoms with Gasteiger partial charge < -0.3 is 14.9 Å². The minimum Gasteiger partial charge on any atom is -0.354 e. The molecule has 3 rings (SSSR count). The Morgan fingerprint density at radius 1 is 1.44 bits per heavy atom. The zero-order chi connectivity index (χ0) is 12.7. The summed E-state index contributed by atoms with van der Waals surface area (Å²) in [4.78, 5) is 14.3. The van der Waals surface area contributed by atoms with Crippen molar-refractivity contribution in [2.75, 3.05) is 6.54 Å². The number of carbonyl (C=O) groups excluding carboxylic acids is 1. The fraction of sp³-hybridized carbons (Fsp3) is 0.333. The second-order valence-corrected chi connectivity index (χ2v) is 5.22. The lowest BCUT2D eigenvalue weighted by Crippen LogP contribution is -2.36. The van der Waals surface area contributed by atoms with Crippen molar-refractivity contribution in [3.05, 3.63) is 28.0 Å². The Hall–Kier alpha value is -1.33. The summed E-state index contributed by atoms with van der Waals surface area (Å²) in [5.74, 6) is 0.107. The molecule has 1 aliphatic rings. The monoisotopic (exact) mass is 281 g/mol. The average molecular weight is 282 g/mol. The van der Waals surface area contributed by atoms with Gasteiger partial charge in [0.2, 0.25) is 5.91 Å². The summed E-state index contributed by atoms with van der Waals surface area (Å²) in [6.45, 7) is 0.618. The van der Waals surface area contributed by atoms with E-state index in [2.05, 4.69) is 14.9 Å². The molecule has 2 heterocycles. The van der Waals surface area contributed by atoms with Crippen molar-refractivity contribution in [2.24, 2.45) is 0 Å². The molecule has 0 aliphatic carbocycles. The third-order valence-electron chi connectivity index (χ3n) is 3.31. The number of para-hydroxylation sites is 1. The van der Waals surface area contributed by atoms with E-state index in [1.165, 1.54) is 0 Å². The van der Waals surface area contributed by atoms with Gasteiger partial charge in [-0.05, 0) is 30.8 Å². The summed E-state index contributed by atoms with van der Waals surface area (Å²) < 4.78 is 2.70. The number of halogens is 1. The number of hydrogen-bond acceptors (Lipinski definition) is 2. The van der Waals surface area contributed by atoms with Gasteiger partial charge in [0.1, 0.15) is 0 Å². The number of benzene rings is 1. The maximum Gasteiger partial charge on any atom is 0.220 e. The standard InChI is InChI=1S/C12H12ClN3OS/c13-8-2-1-3-9-11(8)15-12(18)16(9)7-4-5-10(17)14-6-7/h1-3,7H,4-6H2,(H,14,17)(H,15,18). The lowest BCUT2D eigenvalue weighted by molar-refractivity contribution is -0.122. The van der Waals surface area contributed by atoms with Crippen LogP contribution in [0.2, 0.25) is 5.02 Å². The minimum absolute atomic E-state index is 0.107. The summed E-state index contributed by atoms with van der Waals surface area (Å²) in [6, 6.07) is 5.93. The van der Waals surface area contributed by atoms with Gasteiger partial charge in [0, 0.05) is 13.0 Å². The van der Waals surface area contributed by atoms with E-state index < -0.39 is 0 Å². The van der Waals surface area contributed by atoms with E-state index in [0.29, 0.717) is 22.8 Å². The van der Waals surface area contributed by atoms with E-state index in [0.717, 1.165) is 17.5 Å². The van der Waals surface area contributed by atoms with E-state index in [1.807, 2.05) is 18.2 Å². The molecule has 18 heavy (non-hydrogen) atoms. The van der Waals surface area contributed by atoms with Crippen LogP contribution in [0.25, 0.3) is 11.0 Å². The third kappa shape index (κ3) is 1.83. The Balaban J connectivity index is 2.12. The van der Waals surface area contributed by atoms with Crippen LogP contribution in [-0.4, -0.2) is 22.0 Å². The van der Waals surface area contributed by atoms with E-state index in [-0.39, 0.29) is 11.9 Å². The molecule has 0 saturated carbocycles. The molecule has 94 valence electrons. The van der Waals surface area contributed by atoms with E-state index in [1.54, 1.807) is 0 Å². The number of aromatic amines is 1. The molecule has 0 spiro atoms. The second-order valence-electron chi connectivity index (χ2n) is 4.43. The molecule has 2 N–H and O–H groups in total. The molecule has 1 aromatic heterocycles. The van der Waals surface area contributed by atoms with E-state index >= 15 is 0 Å². The lowest BCUT2D eigenvalue weighted by atomic mass is 10.1. The first kappa shape index (κ1) is 11.7. The van der Waals surface area contributed by atoms with Crippen molar-refractivity contribution < 1.29 is 4.79 Å². The minimum atomic E-state index is 0.107. The SMILES string of the molecule is O=C1CCC(n2c(=S)[nH]c3c(Cl)cccc32)CN1. The van der Waals surface area contributed by atoms with Crippen LogP contribution in [0.3, 0.4) is 0 Å². The van der Waals surface area contributed by atoms with Gasteiger partial charge in [0.05, 0.1) is 22.1 Å². The van der Waals surface area contributed by atoms with Crippen LogP contribution in [0.5, 0.6) is 0 Å². The van der Waals surface area contributed by atoms with Crippen LogP contribution in [-0.2, 0) is 4.79 Å². The number of rotatable bonds is 1. The highest BCUT2D eigenvalue weighted by Crippen LogP contribution is 2.27. The van der Waals surface area contributed by atoms with Crippen LogP contribution >= 0.6 is 23.8 Å². The normalized spacial score (nSPS) is 20.1. The zero-order valence-electron chi connectivity index (χ0n) is 9.57. The highest BCUT2D eigenvalue weighted by molar-refractivity contribution is 7.71. The number of carbonyl (C=O) groups is 1. The quantitative estimate of drug-likeness (QED) is 0.790. The van der Waals surface area contributed by atoms with Gasteiger partial charge in [-0.2, -0.15) is 0 Å². The number of imidazole rings is 1. The van der Waals surface area contributed by atoms with Crippen molar-refractivity contribution in [1.82, 2.24) is 14.9 Å². The zero-order valence-corrected chi connectivity index (χ0v) is 11.1. The number of hydrogen-bond donors (Lipinski definition) is 2. The van der Waals surface area contributed by atoms with Crippen LogP contribution < -0.4 is 5.32 Å². The van der Waals surface area contributed by atoms with E-state index in [4.69, 9.17) is 23.8 Å². The molecule has 0 bridgehead atoms. The first-order chi connectivity index (χ1) is 8.66. The summed E-state index contributed by atoms with van der Waals surface area (Å²) in [6.07, 6.45) is 1.35. The number of fused-ring (bicyclic) bond motifs is 1. The number of H-pyrrole nitrogens is 1. The van der Waals surface area contributed by atoms with Crippen LogP contribution in [0.4, 0.5) is 0 Å². The smallest absolute Gasteiger partial charge is 0.220 e. The number of nitrogens with one attached hydrogen (secondary N) is 2. The molecular formula is C12H12ClN3OS. The van der Waals surface area contributed by atoms with Gasteiger partial charge in [-0.15, -0.1) is 0 Å². The summed E-state index contributed by atoms with van der Waals surface area (Å²) in [5.41, 5.74) is 1.86. The Bertz CT molecular complexity index is 666. The molecule has 0 radical (unpaired) electrons. The van der Waals surface area contributed by atoms with E-state index in [9.17, 15) is 4.79 Å². The largest absolute Gasteiger partial charge is 0.354 e. The van der Waals surface area contributed by atoms with Crippen LogP contribution in [0, 0.1) is 4.77 Å². The Labute approximate surface area is 114 Å². The molecule has 1 amide bonds. The third-order valence-corrected chi connectivity index (χ3v) is 3.92. The van der Waals surface area contributed by atoms with Gasteiger partial charge in [0.25, 0.3) is 0 Å². The summed E-state index contributed by atoms with van der Waals surface area (Å²) >= 11 is 11.5. The van der Waals surface area contributed by atoms with Gasteiger partial charge in [0.15, 0.2) is 4.77 Å². The van der Waals surface area contributed by atoms with Gasteiger partial charge >= 0.3 is 0 Å². The number of amides is 1.